The van der Waals surface area contributed by atoms with Gasteiger partial charge in [-0.1, -0.05) is 6.07 Å². The maximum Gasteiger partial charge on any atom is 0.203 e. The summed E-state index contributed by atoms with van der Waals surface area (Å²) in [5.41, 5.74) is 4.12. The van der Waals surface area contributed by atoms with Crippen LogP contribution in [0, 0.1) is 6.92 Å². The van der Waals surface area contributed by atoms with E-state index in [1.165, 1.54) is 0 Å². The Bertz CT molecular complexity index is 1550. The fourth-order valence-electron chi connectivity index (χ4n) is 4.77. The molecule has 11 nitrogen and oxygen atoms in total. The molecule has 0 amide bonds. The number of aryl methyl sites for hydroxylation is 1. The normalized spacial score (nSPS) is 15.1. The highest BCUT2D eigenvalue weighted by atomic mass is 16.5. The predicted octanol–water partition coefficient (Wildman–Crippen LogP) is 3.51. The van der Waals surface area contributed by atoms with Crippen LogP contribution in [0.25, 0.3) is 28.2 Å². The number of hydrogen-bond acceptors (Lipinski definition) is 9. The molecule has 5 aromatic heterocycles. The number of nitrogens with zero attached hydrogens (tertiary/aromatic N) is 9. The molecule has 0 spiro atoms. The molecule has 1 unspecified atom stereocenters. The summed E-state index contributed by atoms with van der Waals surface area (Å²) in [4.78, 5) is 21.7. The second kappa shape index (κ2) is 9.40. The first-order valence-electron chi connectivity index (χ1n) is 12.6. The van der Waals surface area contributed by atoms with Crippen LogP contribution in [0.3, 0.4) is 0 Å². The van der Waals surface area contributed by atoms with E-state index in [4.69, 9.17) is 19.7 Å². The summed E-state index contributed by atoms with van der Waals surface area (Å²) in [5.74, 6) is 3.10. The lowest BCUT2D eigenvalue weighted by molar-refractivity contribution is 0.122. The van der Waals surface area contributed by atoms with E-state index in [0.717, 1.165) is 47.3 Å². The number of aromatic nitrogens is 8. The van der Waals surface area contributed by atoms with Gasteiger partial charge in [-0.25, -0.2) is 15.0 Å². The Labute approximate surface area is 214 Å². The quantitative estimate of drug-likeness (QED) is 0.376. The molecule has 1 saturated heterocycles. The standard InChI is InChI=1S/C26H30N10O/c1-16(2)29-24-26-33-32-18(4)35(26)15-21(30-24)25-31-20-14-28-23(34-9-11-37-12-10-34)13-22(20)36(25)17(3)19-7-5-6-8-27-19/h5-8,13-17H,9-12H2,1-4H3,(H,29,30). The lowest BCUT2D eigenvalue weighted by Gasteiger charge is -2.28. The molecule has 0 radical (unpaired) electrons. The van der Waals surface area contributed by atoms with Crippen molar-refractivity contribution in [3.63, 3.8) is 0 Å². The highest BCUT2D eigenvalue weighted by molar-refractivity contribution is 5.82. The molecule has 190 valence electrons. The maximum absolute atomic E-state index is 5.55. The monoisotopic (exact) mass is 498 g/mol. The smallest absolute Gasteiger partial charge is 0.203 e. The molecule has 37 heavy (non-hydrogen) atoms. The van der Waals surface area contributed by atoms with Crippen LogP contribution >= 0.6 is 0 Å². The van der Waals surface area contributed by atoms with E-state index in [-0.39, 0.29) is 12.1 Å². The van der Waals surface area contributed by atoms with E-state index in [9.17, 15) is 0 Å². The van der Waals surface area contributed by atoms with Crippen molar-refractivity contribution in [2.75, 3.05) is 36.5 Å². The van der Waals surface area contributed by atoms with Gasteiger partial charge in [0.1, 0.15) is 22.9 Å². The van der Waals surface area contributed by atoms with E-state index in [1.54, 1.807) is 0 Å². The van der Waals surface area contributed by atoms with Crippen LogP contribution in [-0.4, -0.2) is 71.4 Å². The zero-order chi connectivity index (χ0) is 25.5. The van der Waals surface area contributed by atoms with Gasteiger partial charge >= 0.3 is 0 Å². The molecule has 1 N–H and O–H groups in total. The summed E-state index contributed by atoms with van der Waals surface area (Å²) in [6, 6.07) is 8.17. The number of ether oxygens (including phenoxy) is 1. The Kier molecular flexibility index (Phi) is 5.91. The van der Waals surface area contributed by atoms with Gasteiger partial charge in [-0.3, -0.25) is 9.38 Å². The second-order valence-corrected chi connectivity index (χ2v) is 9.58. The van der Waals surface area contributed by atoms with Crippen molar-refractivity contribution in [3.05, 3.63) is 54.4 Å². The second-order valence-electron chi connectivity index (χ2n) is 9.58. The zero-order valence-electron chi connectivity index (χ0n) is 21.5. The summed E-state index contributed by atoms with van der Waals surface area (Å²) in [5, 5.41) is 12.0. The van der Waals surface area contributed by atoms with Crippen molar-refractivity contribution >= 4 is 28.3 Å². The van der Waals surface area contributed by atoms with Crippen molar-refractivity contribution in [2.24, 2.45) is 0 Å². The van der Waals surface area contributed by atoms with Gasteiger partial charge < -0.3 is 19.5 Å². The van der Waals surface area contributed by atoms with Crippen molar-refractivity contribution in [1.29, 1.82) is 0 Å². The number of morpholine rings is 1. The van der Waals surface area contributed by atoms with Gasteiger partial charge in [0.05, 0.1) is 36.7 Å². The van der Waals surface area contributed by atoms with Gasteiger partial charge in [0.25, 0.3) is 0 Å². The lowest BCUT2D eigenvalue weighted by atomic mass is 10.2. The molecule has 6 heterocycles. The van der Waals surface area contributed by atoms with Gasteiger partial charge in [0.2, 0.25) is 5.65 Å². The van der Waals surface area contributed by atoms with Gasteiger partial charge in [0.15, 0.2) is 11.6 Å². The summed E-state index contributed by atoms with van der Waals surface area (Å²) in [7, 11) is 0. The number of pyridine rings is 2. The average molecular weight is 499 g/mol. The minimum atomic E-state index is -0.0952. The van der Waals surface area contributed by atoms with Gasteiger partial charge in [-0.05, 0) is 39.8 Å². The van der Waals surface area contributed by atoms with Crippen LogP contribution in [0.5, 0.6) is 0 Å². The number of anilines is 2. The Balaban J connectivity index is 1.58. The van der Waals surface area contributed by atoms with Crippen LogP contribution < -0.4 is 10.2 Å². The fraction of sp³-hybridized carbons (Fsp3) is 0.385. The number of imidazole rings is 1. The molecule has 11 heteroatoms. The highest BCUT2D eigenvalue weighted by Gasteiger charge is 2.24. The Morgan fingerprint density at radius 3 is 2.62 bits per heavy atom. The summed E-state index contributed by atoms with van der Waals surface area (Å²) in [6.07, 6.45) is 5.62. The van der Waals surface area contributed by atoms with E-state index >= 15 is 0 Å². The van der Waals surface area contributed by atoms with Crippen molar-refractivity contribution in [3.8, 4) is 11.5 Å². The van der Waals surface area contributed by atoms with Crippen LogP contribution in [0.2, 0.25) is 0 Å². The van der Waals surface area contributed by atoms with Crippen LogP contribution in [0.4, 0.5) is 11.6 Å². The first-order valence-corrected chi connectivity index (χ1v) is 12.6. The third-order valence-electron chi connectivity index (χ3n) is 6.62. The van der Waals surface area contributed by atoms with E-state index < -0.39 is 0 Å². The fourth-order valence-corrected chi connectivity index (χ4v) is 4.77. The summed E-state index contributed by atoms with van der Waals surface area (Å²) in [6.45, 7) is 11.2. The van der Waals surface area contributed by atoms with Crippen LogP contribution in [0.15, 0.2) is 42.9 Å². The van der Waals surface area contributed by atoms with Crippen molar-refractivity contribution in [2.45, 2.75) is 39.8 Å². The molecular formula is C26H30N10O. The molecular weight excluding hydrogens is 468 g/mol. The molecule has 0 aromatic carbocycles. The Hall–Kier alpha value is -4.12. The minimum Gasteiger partial charge on any atom is -0.378 e. The van der Waals surface area contributed by atoms with Crippen LogP contribution in [0.1, 0.15) is 38.3 Å². The molecule has 6 rings (SSSR count). The number of fused-ring (bicyclic) bond motifs is 2. The third kappa shape index (κ3) is 4.25. The maximum atomic E-state index is 5.55. The first kappa shape index (κ1) is 23.3. The number of nitrogens with one attached hydrogen (secondary N) is 1. The summed E-state index contributed by atoms with van der Waals surface area (Å²) < 4.78 is 9.71. The molecule has 1 aliphatic heterocycles. The topological polar surface area (TPSA) is 111 Å². The van der Waals surface area contributed by atoms with E-state index in [0.29, 0.717) is 30.4 Å². The Morgan fingerprint density at radius 1 is 1.03 bits per heavy atom. The molecule has 1 fully saturated rings. The van der Waals surface area contributed by atoms with Gasteiger partial charge in [0, 0.05) is 37.6 Å². The first-order chi connectivity index (χ1) is 18.0. The molecule has 1 atom stereocenters. The molecule has 0 bridgehead atoms. The zero-order valence-corrected chi connectivity index (χ0v) is 21.5. The van der Waals surface area contributed by atoms with Crippen molar-refractivity contribution in [1.82, 2.24) is 39.1 Å². The largest absolute Gasteiger partial charge is 0.378 e. The SMILES string of the molecule is Cc1nnc2c(NC(C)C)nc(-c3nc4cnc(N5CCOCC5)cc4n3C(C)c3ccccn3)cn12. The summed E-state index contributed by atoms with van der Waals surface area (Å²) >= 11 is 0. The molecule has 0 aliphatic carbocycles. The van der Waals surface area contributed by atoms with E-state index in [1.807, 2.05) is 48.1 Å². The van der Waals surface area contributed by atoms with Crippen LogP contribution in [-0.2, 0) is 4.74 Å². The number of rotatable bonds is 6. The van der Waals surface area contributed by atoms with Gasteiger partial charge in [-0.2, -0.15) is 0 Å². The molecule has 1 aliphatic rings. The predicted molar refractivity (Wildman–Crippen MR) is 142 cm³/mol. The third-order valence-corrected chi connectivity index (χ3v) is 6.62. The number of hydrogen-bond donors (Lipinski definition) is 1. The van der Waals surface area contributed by atoms with Crippen molar-refractivity contribution < 1.29 is 4.74 Å². The van der Waals surface area contributed by atoms with E-state index in [2.05, 4.69) is 56.8 Å². The minimum absolute atomic E-state index is 0.0952. The highest BCUT2D eigenvalue weighted by Crippen LogP contribution is 2.33. The Morgan fingerprint density at radius 2 is 1.86 bits per heavy atom. The average Bonchev–Trinajstić information content (AvgIpc) is 3.49. The lowest BCUT2D eigenvalue weighted by Crippen LogP contribution is -2.36. The molecule has 0 saturated carbocycles. The molecule has 5 aromatic rings. The van der Waals surface area contributed by atoms with Gasteiger partial charge in [-0.15, -0.1) is 10.2 Å².